The zero-order valence-electron chi connectivity index (χ0n) is 13.0. The first kappa shape index (κ1) is 15.0. The predicted molar refractivity (Wildman–Crippen MR) is 94.6 cm³/mol. The fraction of sp³-hybridized carbons (Fsp3) is 0.100. The van der Waals surface area contributed by atoms with Crippen molar-refractivity contribution >= 4 is 10.8 Å². The van der Waals surface area contributed by atoms with Crippen LogP contribution in [0, 0.1) is 0 Å². The van der Waals surface area contributed by atoms with Crippen LogP contribution in [0.4, 0.5) is 0 Å². The van der Waals surface area contributed by atoms with Crippen molar-refractivity contribution in [2.45, 2.75) is 10.6 Å². The van der Waals surface area contributed by atoms with Gasteiger partial charge in [0.2, 0.25) is 6.79 Å². The number of benzene rings is 3. The van der Waals surface area contributed by atoms with E-state index in [1.807, 2.05) is 72.8 Å². The van der Waals surface area contributed by atoms with Crippen molar-refractivity contribution in [2.24, 2.45) is 0 Å². The largest absolute Gasteiger partial charge is 0.454 e. The van der Waals surface area contributed by atoms with Crippen LogP contribution in [0.25, 0.3) is 11.1 Å². The highest BCUT2D eigenvalue weighted by molar-refractivity contribution is 7.84. The minimum absolute atomic E-state index is 0.231. The van der Waals surface area contributed by atoms with Gasteiger partial charge in [-0.1, -0.05) is 48.5 Å². The molecule has 0 amide bonds. The SMILES string of the molecule is O=S(Cc1cc2c(cc1-c1ccccc1)OCO2)c1ccccc1. The molecule has 120 valence electrons. The molecular formula is C20H16O3S. The maximum absolute atomic E-state index is 12.7. The molecule has 3 aromatic carbocycles. The molecule has 4 rings (SSSR count). The molecule has 0 saturated carbocycles. The predicted octanol–water partition coefficient (Wildman–Crippen LogP) is 4.39. The molecule has 0 spiro atoms. The summed E-state index contributed by atoms with van der Waals surface area (Å²) in [6.07, 6.45) is 0. The molecular weight excluding hydrogens is 320 g/mol. The maximum atomic E-state index is 12.7. The molecule has 0 aliphatic carbocycles. The molecule has 1 aliphatic heterocycles. The van der Waals surface area contributed by atoms with E-state index in [0.29, 0.717) is 5.75 Å². The third kappa shape index (κ3) is 2.93. The zero-order chi connectivity index (χ0) is 16.4. The summed E-state index contributed by atoms with van der Waals surface area (Å²) in [7, 11) is -1.11. The Balaban J connectivity index is 1.75. The fourth-order valence-corrected chi connectivity index (χ4v) is 3.94. The van der Waals surface area contributed by atoms with Gasteiger partial charge in [0.05, 0.1) is 16.6 Å². The summed E-state index contributed by atoms with van der Waals surface area (Å²) in [5.74, 6) is 1.89. The van der Waals surface area contributed by atoms with E-state index in [4.69, 9.17) is 9.47 Å². The summed E-state index contributed by atoms with van der Waals surface area (Å²) >= 11 is 0. The molecule has 1 aliphatic rings. The molecule has 1 unspecified atom stereocenters. The highest BCUT2D eigenvalue weighted by atomic mass is 32.2. The molecule has 3 nitrogen and oxygen atoms in total. The van der Waals surface area contributed by atoms with Gasteiger partial charge in [-0.15, -0.1) is 0 Å². The average molecular weight is 336 g/mol. The second kappa shape index (κ2) is 6.49. The van der Waals surface area contributed by atoms with E-state index in [2.05, 4.69) is 0 Å². The molecule has 3 aromatic rings. The van der Waals surface area contributed by atoms with E-state index in [0.717, 1.165) is 33.1 Å². The van der Waals surface area contributed by atoms with Gasteiger partial charge in [-0.05, 0) is 41.0 Å². The summed E-state index contributed by atoms with van der Waals surface area (Å²) in [5.41, 5.74) is 3.10. The minimum atomic E-state index is -1.11. The van der Waals surface area contributed by atoms with Gasteiger partial charge >= 0.3 is 0 Å². The second-order valence-corrected chi connectivity index (χ2v) is 6.98. The number of hydrogen-bond acceptors (Lipinski definition) is 3. The van der Waals surface area contributed by atoms with Crippen molar-refractivity contribution in [2.75, 3.05) is 6.79 Å². The van der Waals surface area contributed by atoms with E-state index in [1.165, 1.54) is 0 Å². The average Bonchev–Trinajstić information content (AvgIpc) is 3.10. The molecule has 1 atom stereocenters. The standard InChI is InChI=1S/C20H16O3S/c21-24(17-9-5-2-6-10-17)13-16-11-19-20(23-14-22-19)12-18(16)15-7-3-1-4-8-15/h1-12H,13-14H2. The lowest BCUT2D eigenvalue weighted by Gasteiger charge is -2.11. The van der Waals surface area contributed by atoms with Gasteiger partial charge in [-0.25, -0.2) is 0 Å². The first-order valence-corrected chi connectivity index (χ1v) is 9.04. The first-order valence-electron chi connectivity index (χ1n) is 7.72. The summed E-state index contributed by atoms with van der Waals surface area (Å²) in [6.45, 7) is 0.231. The van der Waals surface area contributed by atoms with Crippen molar-refractivity contribution < 1.29 is 13.7 Å². The van der Waals surface area contributed by atoms with Gasteiger partial charge in [0.1, 0.15) is 0 Å². The van der Waals surface area contributed by atoms with Gasteiger partial charge in [-0.3, -0.25) is 4.21 Å². The Morgan fingerprint density at radius 2 is 1.46 bits per heavy atom. The van der Waals surface area contributed by atoms with Crippen molar-refractivity contribution in [3.63, 3.8) is 0 Å². The molecule has 0 N–H and O–H groups in total. The van der Waals surface area contributed by atoms with Gasteiger partial charge in [0, 0.05) is 4.90 Å². The molecule has 4 heteroatoms. The topological polar surface area (TPSA) is 35.5 Å². The molecule has 0 radical (unpaired) electrons. The van der Waals surface area contributed by atoms with Crippen LogP contribution >= 0.6 is 0 Å². The fourth-order valence-electron chi connectivity index (χ4n) is 2.79. The van der Waals surface area contributed by atoms with Crippen molar-refractivity contribution in [3.05, 3.63) is 78.4 Å². The van der Waals surface area contributed by atoms with Crippen LogP contribution < -0.4 is 9.47 Å². The van der Waals surface area contributed by atoms with E-state index >= 15 is 0 Å². The monoisotopic (exact) mass is 336 g/mol. The van der Waals surface area contributed by atoms with Gasteiger partial charge in [0.25, 0.3) is 0 Å². The highest BCUT2D eigenvalue weighted by Crippen LogP contribution is 2.39. The Labute approximate surface area is 143 Å². The van der Waals surface area contributed by atoms with E-state index < -0.39 is 10.8 Å². The van der Waals surface area contributed by atoms with Crippen LogP contribution in [0.2, 0.25) is 0 Å². The minimum Gasteiger partial charge on any atom is -0.454 e. The van der Waals surface area contributed by atoms with E-state index in [1.54, 1.807) is 0 Å². The molecule has 0 bridgehead atoms. The van der Waals surface area contributed by atoms with E-state index in [9.17, 15) is 4.21 Å². The van der Waals surface area contributed by atoms with E-state index in [-0.39, 0.29) is 6.79 Å². The summed E-state index contributed by atoms with van der Waals surface area (Å²) < 4.78 is 23.7. The van der Waals surface area contributed by atoms with Crippen molar-refractivity contribution in [1.82, 2.24) is 0 Å². The molecule has 24 heavy (non-hydrogen) atoms. The van der Waals surface area contributed by atoms with Crippen LogP contribution in [0.1, 0.15) is 5.56 Å². The Morgan fingerprint density at radius 1 is 0.833 bits per heavy atom. The molecule has 0 aromatic heterocycles. The molecule has 0 fully saturated rings. The van der Waals surface area contributed by atoms with Crippen molar-refractivity contribution in [1.29, 1.82) is 0 Å². The van der Waals surface area contributed by atoms with Gasteiger partial charge < -0.3 is 9.47 Å². The number of ether oxygens (including phenoxy) is 2. The molecule has 0 saturated heterocycles. The zero-order valence-corrected chi connectivity index (χ0v) is 13.8. The van der Waals surface area contributed by atoms with Crippen LogP contribution in [0.5, 0.6) is 11.5 Å². The Kier molecular flexibility index (Phi) is 4.05. The summed E-state index contributed by atoms with van der Waals surface area (Å²) in [4.78, 5) is 0.828. The highest BCUT2D eigenvalue weighted by Gasteiger charge is 2.19. The third-order valence-corrected chi connectivity index (χ3v) is 5.35. The number of rotatable bonds is 4. The van der Waals surface area contributed by atoms with Crippen LogP contribution in [-0.2, 0) is 16.6 Å². The van der Waals surface area contributed by atoms with Gasteiger partial charge in [-0.2, -0.15) is 0 Å². The lowest BCUT2D eigenvalue weighted by molar-refractivity contribution is 0.174. The van der Waals surface area contributed by atoms with Crippen LogP contribution in [-0.4, -0.2) is 11.0 Å². The summed E-state index contributed by atoms with van der Waals surface area (Å²) in [6, 6.07) is 23.5. The Morgan fingerprint density at radius 3 is 2.17 bits per heavy atom. The lowest BCUT2D eigenvalue weighted by atomic mass is 10.00. The maximum Gasteiger partial charge on any atom is 0.231 e. The first-order chi connectivity index (χ1) is 11.8. The number of hydrogen-bond donors (Lipinski definition) is 0. The lowest BCUT2D eigenvalue weighted by Crippen LogP contribution is -1.99. The molecule has 1 heterocycles. The normalized spacial score (nSPS) is 13.7. The quantitative estimate of drug-likeness (QED) is 0.709. The smallest absolute Gasteiger partial charge is 0.231 e. The number of fused-ring (bicyclic) bond motifs is 1. The second-order valence-electron chi connectivity index (χ2n) is 5.53. The third-order valence-electron chi connectivity index (χ3n) is 3.98. The Bertz CT molecular complexity index is 876. The van der Waals surface area contributed by atoms with Crippen LogP contribution in [0.3, 0.4) is 0 Å². The van der Waals surface area contributed by atoms with Crippen LogP contribution in [0.15, 0.2) is 77.7 Å². The van der Waals surface area contributed by atoms with Gasteiger partial charge in [0.15, 0.2) is 11.5 Å². The Hall–Kier alpha value is -2.59. The van der Waals surface area contributed by atoms with Crippen molar-refractivity contribution in [3.8, 4) is 22.6 Å². The summed E-state index contributed by atoms with van der Waals surface area (Å²) in [5, 5.41) is 0.